The van der Waals surface area contributed by atoms with Crippen LogP contribution < -0.4 is 9.62 Å². The van der Waals surface area contributed by atoms with Crippen LogP contribution in [0.1, 0.15) is 32.3 Å². The molecule has 3 aromatic carbocycles. The highest BCUT2D eigenvalue weighted by Crippen LogP contribution is 2.27. The Labute approximate surface area is 238 Å². The number of halogens is 3. The van der Waals surface area contributed by atoms with Crippen LogP contribution in [0, 0.1) is 5.82 Å². The van der Waals surface area contributed by atoms with E-state index in [2.05, 4.69) is 5.32 Å². The van der Waals surface area contributed by atoms with Crippen molar-refractivity contribution in [2.75, 3.05) is 17.4 Å². The fourth-order valence-corrected chi connectivity index (χ4v) is 5.54. The van der Waals surface area contributed by atoms with Crippen LogP contribution in [0.25, 0.3) is 0 Å². The molecule has 0 aliphatic rings. The molecule has 0 aromatic heterocycles. The molecule has 3 aromatic rings. The fraction of sp³-hybridized carbons (Fsp3) is 0.286. The molecule has 1 N–H and O–H groups in total. The number of amides is 2. The van der Waals surface area contributed by atoms with Crippen molar-refractivity contribution in [3.8, 4) is 0 Å². The Kier molecular flexibility index (Phi) is 10.7. The van der Waals surface area contributed by atoms with Crippen molar-refractivity contribution in [3.63, 3.8) is 0 Å². The van der Waals surface area contributed by atoms with Crippen LogP contribution in [0.2, 0.25) is 10.0 Å². The predicted octanol–water partition coefficient (Wildman–Crippen LogP) is 5.66. The van der Waals surface area contributed by atoms with Crippen molar-refractivity contribution in [2.24, 2.45) is 0 Å². The summed E-state index contributed by atoms with van der Waals surface area (Å²) in [6.45, 7) is 3.03. The third-order valence-corrected chi connectivity index (χ3v) is 8.35. The maximum Gasteiger partial charge on any atom is 0.264 e. The predicted molar refractivity (Wildman–Crippen MR) is 152 cm³/mol. The summed E-state index contributed by atoms with van der Waals surface area (Å²) >= 11 is 12.1. The van der Waals surface area contributed by atoms with Crippen LogP contribution in [-0.4, -0.2) is 44.3 Å². The molecule has 39 heavy (non-hydrogen) atoms. The van der Waals surface area contributed by atoms with E-state index in [9.17, 15) is 22.4 Å². The molecule has 0 saturated carbocycles. The summed E-state index contributed by atoms with van der Waals surface area (Å²) < 4.78 is 43.0. The minimum absolute atomic E-state index is 0.0920. The molecule has 0 saturated heterocycles. The SMILES string of the molecule is CCCCNC(=O)[C@H](C)N(Cc1ccccc1F)C(=O)CN(c1cccc(Cl)c1)S(=O)(=O)c1ccc(Cl)cc1. The summed E-state index contributed by atoms with van der Waals surface area (Å²) in [5.41, 5.74) is 0.339. The van der Waals surface area contributed by atoms with Crippen molar-refractivity contribution < 1.29 is 22.4 Å². The quantitative estimate of drug-likeness (QED) is 0.274. The van der Waals surface area contributed by atoms with Crippen LogP contribution in [0.5, 0.6) is 0 Å². The average molecular weight is 595 g/mol. The molecule has 7 nitrogen and oxygen atoms in total. The molecular formula is C28H30Cl2FN3O4S. The van der Waals surface area contributed by atoms with E-state index in [0.717, 1.165) is 17.1 Å². The van der Waals surface area contributed by atoms with E-state index in [0.29, 0.717) is 11.6 Å². The number of hydrogen-bond donors (Lipinski definition) is 1. The molecule has 208 valence electrons. The van der Waals surface area contributed by atoms with E-state index in [-0.39, 0.29) is 27.7 Å². The number of carbonyl (C=O) groups excluding carboxylic acids is 2. The number of anilines is 1. The fourth-order valence-electron chi connectivity index (χ4n) is 3.82. The Balaban J connectivity index is 2.01. The normalized spacial score (nSPS) is 12.0. The first-order valence-electron chi connectivity index (χ1n) is 12.4. The molecule has 3 rings (SSSR count). The van der Waals surface area contributed by atoms with Crippen LogP contribution in [0.15, 0.2) is 77.7 Å². The van der Waals surface area contributed by atoms with Crippen LogP contribution in [0.4, 0.5) is 10.1 Å². The minimum Gasteiger partial charge on any atom is -0.354 e. The zero-order chi connectivity index (χ0) is 28.6. The Morgan fingerprint density at radius 2 is 1.67 bits per heavy atom. The molecule has 0 spiro atoms. The Hall–Kier alpha value is -3.14. The Morgan fingerprint density at radius 3 is 2.31 bits per heavy atom. The number of unbranched alkanes of at least 4 members (excludes halogenated alkanes) is 1. The van der Waals surface area contributed by atoms with E-state index < -0.39 is 40.2 Å². The van der Waals surface area contributed by atoms with Crippen LogP contribution in [-0.2, 0) is 26.2 Å². The van der Waals surface area contributed by atoms with Gasteiger partial charge < -0.3 is 10.2 Å². The molecule has 0 bridgehead atoms. The zero-order valence-electron chi connectivity index (χ0n) is 21.6. The number of benzene rings is 3. The van der Waals surface area contributed by atoms with Gasteiger partial charge in [-0.3, -0.25) is 13.9 Å². The topological polar surface area (TPSA) is 86.8 Å². The third kappa shape index (κ3) is 7.94. The summed E-state index contributed by atoms with van der Waals surface area (Å²) in [6, 6.07) is 16.5. The van der Waals surface area contributed by atoms with Crippen molar-refractivity contribution in [2.45, 2.75) is 44.2 Å². The first kappa shape index (κ1) is 30.4. The lowest BCUT2D eigenvalue weighted by Gasteiger charge is -2.32. The van der Waals surface area contributed by atoms with E-state index in [1.54, 1.807) is 18.2 Å². The second-order valence-corrected chi connectivity index (χ2v) is 11.6. The molecule has 0 aliphatic heterocycles. The lowest BCUT2D eigenvalue weighted by atomic mass is 10.1. The van der Waals surface area contributed by atoms with Crippen molar-refractivity contribution in [1.82, 2.24) is 10.2 Å². The summed E-state index contributed by atoms with van der Waals surface area (Å²) in [4.78, 5) is 27.8. The van der Waals surface area contributed by atoms with Gasteiger partial charge in [-0.25, -0.2) is 12.8 Å². The van der Waals surface area contributed by atoms with Gasteiger partial charge in [0.05, 0.1) is 10.6 Å². The summed E-state index contributed by atoms with van der Waals surface area (Å²) in [6.07, 6.45) is 1.62. The molecule has 0 fully saturated rings. The van der Waals surface area contributed by atoms with Gasteiger partial charge in [0.2, 0.25) is 11.8 Å². The molecular weight excluding hydrogens is 564 g/mol. The van der Waals surface area contributed by atoms with E-state index >= 15 is 0 Å². The number of hydrogen-bond acceptors (Lipinski definition) is 4. The van der Waals surface area contributed by atoms with Crippen LogP contribution >= 0.6 is 23.2 Å². The van der Waals surface area contributed by atoms with Gasteiger partial charge in [0, 0.05) is 28.7 Å². The monoisotopic (exact) mass is 593 g/mol. The Morgan fingerprint density at radius 1 is 0.974 bits per heavy atom. The van der Waals surface area contributed by atoms with E-state index in [1.807, 2.05) is 6.92 Å². The number of nitrogens with zero attached hydrogens (tertiary/aromatic N) is 2. The summed E-state index contributed by atoms with van der Waals surface area (Å²) in [5, 5.41) is 3.40. The standard InChI is InChI=1S/C28H30Cl2FN3O4S/c1-3-4-16-32-28(36)20(2)33(18-21-8-5-6-11-26(21)31)27(35)19-34(24-10-7-9-23(30)17-24)39(37,38)25-14-12-22(29)13-15-25/h5-15,17,20H,3-4,16,18-19H2,1-2H3,(H,32,36)/t20-/m0/s1. The summed E-state index contributed by atoms with van der Waals surface area (Å²) in [5.74, 6) is -1.67. The molecule has 0 aliphatic carbocycles. The molecule has 0 unspecified atom stereocenters. The number of carbonyl (C=O) groups is 2. The highest BCUT2D eigenvalue weighted by Gasteiger charge is 2.33. The largest absolute Gasteiger partial charge is 0.354 e. The van der Waals surface area contributed by atoms with Gasteiger partial charge >= 0.3 is 0 Å². The van der Waals surface area contributed by atoms with Gasteiger partial charge in [0.25, 0.3) is 10.0 Å². The molecule has 2 amide bonds. The third-order valence-electron chi connectivity index (χ3n) is 6.07. The van der Waals surface area contributed by atoms with Crippen molar-refractivity contribution >= 4 is 50.7 Å². The first-order valence-corrected chi connectivity index (χ1v) is 14.6. The van der Waals surface area contributed by atoms with Gasteiger partial charge in [-0.05, 0) is 61.9 Å². The first-order chi connectivity index (χ1) is 18.5. The van der Waals surface area contributed by atoms with Gasteiger partial charge in [-0.2, -0.15) is 0 Å². The molecule has 0 radical (unpaired) electrons. The zero-order valence-corrected chi connectivity index (χ0v) is 23.9. The lowest BCUT2D eigenvalue weighted by Crippen LogP contribution is -2.51. The molecule has 11 heteroatoms. The van der Waals surface area contributed by atoms with E-state index in [1.165, 1.54) is 66.4 Å². The van der Waals surface area contributed by atoms with Gasteiger partial charge in [0.1, 0.15) is 18.4 Å². The maximum atomic E-state index is 14.6. The van der Waals surface area contributed by atoms with Gasteiger partial charge in [-0.15, -0.1) is 0 Å². The smallest absolute Gasteiger partial charge is 0.264 e. The van der Waals surface area contributed by atoms with Crippen molar-refractivity contribution in [3.05, 3.63) is 94.2 Å². The average Bonchev–Trinajstić information content (AvgIpc) is 2.91. The van der Waals surface area contributed by atoms with Crippen molar-refractivity contribution in [1.29, 1.82) is 0 Å². The number of nitrogens with one attached hydrogen (secondary N) is 1. The van der Waals surface area contributed by atoms with E-state index in [4.69, 9.17) is 23.2 Å². The van der Waals surface area contributed by atoms with Gasteiger partial charge in [-0.1, -0.05) is 60.8 Å². The number of sulfonamides is 1. The minimum atomic E-state index is -4.27. The molecule has 0 heterocycles. The van der Waals surface area contributed by atoms with Gasteiger partial charge in [0.15, 0.2) is 0 Å². The number of rotatable bonds is 12. The summed E-state index contributed by atoms with van der Waals surface area (Å²) in [7, 11) is -4.27. The molecule has 1 atom stereocenters. The maximum absolute atomic E-state index is 14.6. The lowest BCUT2D eigenvalue weighted by molar-refractivity contribution is -0.139. The second kappa shape index (κ2) is 13.8. The second-order valence-electron chi connectivity index (χ2n) is 8.88. The highest BCUT2D eigenvalue weighted by atomic mass is 35.5. The highest BCUT2D eigenvalue weighted by molar-refractivity contribution is 7.92. The Bertz CT molecular complexity index is 1400. The van der Waals surface area contributed by atoms with Crippen LogP contribution in [0.3, 0.4) is 0 Å².